The fourth-order valence-electron chi connectivity index (χ4n) is 6.72. The van der Waals surface area contributed by atoms with E-state index in [2.05, 4.69) is 10.6 Å². The molecule has 5 atom stereocenters. The first-order valence-electron chi connectivity index (χ1n) is 15.3. The predicted octanol–water partition coefficient (Wildman–Crippen LogP) is 1.13. The molecule has 4 fully saturated rings. The fourth-order valence-corrected chi connectivity index (χ4v) is 6.72. The number of phenolic OH excluding ortho intramolecular Hbond substituents is 1. The number of para-hydroxylation sites is 1. The second-order valence-electron chi connectivity index (χ2n) is 12.1. The summed E-state index contributed by atoms with van der Waals surface area (Å²) in [5, 5.41) is 16.2. The molecule has 11 nitrogen and oxygen atoms in total. The number of carbonyl (C=O) groups excluding carboxylic acids is 4. The van der Waals surface area contributed by atoms with E-state index in [1.807, 2.05) is 4.90 Å². The average molecular weight is 608 g/mol. The van der Waals surface area contributed by atoms with Gasteiger partial charge in [0.2, 0.25) is 17.7 Å². The number of hydrogen-bond donors (Lipinski definition) is 3. The molecule has 0 saturated carbocycles. The van der Waals surface area contributed by atoms with Crippen molar-refractivity contribution in [1.29, 1.82) is 0 Å². The summed E-state index contributed by atoms with van der Waals surface area (Å²) in [5.74, 6) is -0.752. The summed E-state index contributed by atoms with van der Waals surface area (Å²) in [6.45, 7) is 1.87. The van der Waals surface area contributed by atoms with Gasteiger partial charge in [0, 0.05) is 50.6 Å². The largest absolute Gasteiger partial charge is 0.508 e. The van der Waals surface area contributed by atoms with Gasteiger partial charge in [-0.2, -0.15) is 0 Å². The minimum absolute atomic E-state index is 0.0566. The van der Waals surface area contributed by atoms with Crippen LogP contribution in [0, 0.1) is 0 Å². The molecule has 4 amide bonds. The van der Waals surface area contributed by atoms with Gasteiger partial charge in [0.15, 0.2) is 6.61 Å². The lowest BCUT2D eigenvalue weighted by molar-refractivity contribution is -0.142. The lowest BCUT2D eigenvalue weighted by Gasteiger charge is -2.31. The SMILES string of the molecule is O=C1NC(Cc2ccc(OCC(=O)N3CCCC3)cc2)C(=O)N2C[C@@H](F)C[C@H]2C(=O)N[C@H]2C[C@@H]1N(Cc1ccccc1O)C2. The summed E-state index contributed by atoms with van der Waals surface area (Å²) in [4.78, 5) is 58.2. The summed E-state index contributed by atoms with van der Waals surface area (Å²) in [6.07, 6.45) is 0.999. The fraction of sp³-hybridized carbons (Fsp3) is 0.500. The number of alkyl halides is 1. The number of fused-ring (bicyclic) bond motifs is 3. The lowest BCUT2D eigenvalue weighted by atomic mass is 10.0. The Kier molecular flexibility index (Phi) is 8.69. The van der Waals surface area contributed by atoms with Crippen LogP contribution in [0.2, 0.25) is 0 Å². The Labute approximate surface area is 255 Å². The van der Waals surface area contributed by atoms with E-state index in [1.165, 1.54) is 4.90 Å². The Morgan fingerprint density at radius 1 is 0.932 bits per heavy atom. The van der Waals surface area contributed by atoms with Crippen molar-refractivity contribution in [2.24, 2.45) is 0 Å². The number of benzene rings is 2. The first-order valence-corrected chi connectivity index (χ1v) is 15.3. The van der Waals surface area contributed by atoms with Gasteiger partial charge in [-0.25, -0.2) is 4.39 Å². The number of nitrogens with one attached hydrogen (secondary N) is 2. The molecule has 0 aromatic heterocycles. The normalized spacial score (nSPS) is 27.5. The minimum atomic E-state index is -1.34. The third kappa shape index (κ3) is 6.50. The number of rotatable bonds is 7. The molecule has 2 bridgehead atoms. The Morgan fingerprint density at radius 3 is 2.41 bits per heavy atom. The van der Waals surface area contributed by atoms with Crippen molar-refractivity contribution in [1.82, 2.24) is 25.3 Å². The van der Waals surface area contributed by atoms with Gasteiger partial charge in [-0.3, -0.25) is 24.1 Å². The molecule has 12 heteroatoms. The van der Waals surface area contributed by atoms with Crippen LogP contribution >= 0.6 is 0 Å². The molecule has 4 heterocycles. The quantitative estimate of drug-likeness (QED) is 0.430. The number of likely N-dealkylation sites (tertiary alicyclic amines) is 2. The smallest absolute Gasteiger partial charge is 0.260 e. The first-order chi connectivity index (χ1) is 21.2. The van der Waals surface area contributed by atoms with Crippen LogP contribution in [-0.2, 0) is 32.1 Å². The van der Waals surface area contributed by atoms with Crippen molar-refractivity contribution >= 4 is 23.6 Å². The zero-order valence-electron chi connectivity index (χ0n) is 24.5. The highest BCUT2D eigenvalue weighted by molar-refractivity contribution is 5.94. The highest BCUT2D eigenvalue weighted by Gasteiger charge is 2.46. The van der Waals surface area contributed by atoms with Crippen molar-refractivity contribution < 1.29 is 33.4 Å². The zero-order chi connectivity index (χ0) is 30.8. The number of phenols is 1. The van der Waals surface area contributed by atoms with E-state index in [1.54, 1.807) is 53.4 Å². The van der Waals surface area contributed by atoms with Gasteiger partial charge in [0.05, 0.1) is 12.6 Å². The van der Waals surface area contributed by atoms with Crippen molar-refractivity contribution in [3.63, 3.8) is 0 Å². The summed E-state index contributed by atoms with van der Waals surface area (Å²) in [6, 6.07) is 10.8. The van der Waals surface area contributed by atoms with E-state index >= 15 is 0 Å². The second kappa shape index (κ2) is 12.8. The maximum Gasteiger partial charge on any atom is 0.260 e. The van der Waals surface area contributed by atoms with E-state index in [9.17, 15) is 28.7 Å². The maximum atomic E-state index is 14.6. The molecule has 1 unspecified atom stereocenters. The van der Waals surface area contributed by atoms with E-state index in [4.69, 9.17) is 4.74 Å². The van der Waals surface area contributed by atoms with Crippen LogP contribution in [-0.4, -0.2) is 107 Å². The molecule has 4 saturated heterocycles. The molecule has 6 rings (SSSR count). The number of halogens is 1. The number of aromatic hydroxyl groups is 1. The van der Waals surface area contributed by atoms with E-state index in [0.717, 1.165) is 31.5 Å². The molecule has 2 aromatic rings. The third-order valence-electron chi connectivity index (χ3n) is 9.05. The van der Waals surface area contributed by atoms with Gasteiger partial charge < -0.3 is 30.3 Å². The molecule has 4 aliphatic heterocycles. The van der Waals surface area contributed by atoms with Crippen LogP contribution in [0.3, 0.4) is 0 Å². The van der Waals surface area contributed by atoms with Crippen LogP contribution in [0.1, 0.15) is 36.8 Å². The highest BCUT2D eigenvalue weighted by atomic mass is 19.1. The Balaban J connectivity index is 1.20. The number of amides is 4. The molecule has 0 spiro atoms. The summed E-state index contributed by atoms with van der Waals surface area (Å²) >= 11 is 0. The van der Waals surface area contributed by atoms with Crippen molar-refractivity contribution in [2.75, 3.05) is 32.8 Å². The molecule has 4 aliphatic rings. The summed E-state index contributed by atoms with van der Waals surface area (Å²) in [5.41, 5.74) is 1.37. The maximum absolute atomic E-state index is 14.6. The van der Waals surface area contributed by atoms with Gasteiger partial charge >= 0.3 is 0 Å². The van der Waals surface area contributed by atoms with Gasteiger partial charge in [-0.1, -0.05) is 30.3 Å². The molecule has 3 N–H and O–H groups in total. The van der Waals surface area contributed by atoms with Crippen molar-refractivity contribution in [3.05, 3.63) is 59.7 Å². The van der Waals surface area contributed by atoms with E-state index in [0.29, 0.717) is 24.3 Å². The molecular formula is C32H38FN5O6. The number of ether oxygens (including phenoxy) is 1. The van der Waals surface area contributed by atoms with Gasteiger partial charge in [-0.05, 0) is 43.0 Å². The highest BCUT2D eigenvalue weighted by Crippen LogP contribution is 2.28. The molecule has 44 heavy (non-hydrogen) atoms. The number of nitrogens with zero attached hydrogens (tertiary/aromatic N) is 3. The summed E-state index contributed by atoms with van der Waals surface area (Å²) < 4.78 is 20.3. The Morgan fingerprint density at radius 2 is 1.66 bits per heavy atom. The van der Waals surface area contributed by atoms with Crippen LogP contribution in [0.15, 0.2) is 48.5 Å². The first kappa shape index (κ1) is 29.9. The van der Waals surface area contributed by atoms with Crippen molar-refractivity contribution in [3.8, 4) is 11.5 Å². The van der Waals surface area contributed by atoms with Crippen LogP contribution < -0.4 is 15.4 Å². The van der Waals surface area contributed by atoms with E-state index < -0.39 is 36.1 Å². The van der Waals surface area contributed by atoms with Gasteiger partial charge in [-0.15, -0.1) is 0 Å². The molecule has 234 valence electrons. The van der Waals surface area contributed by atoms with Crippen LogP contribution in [0.5, 0.6) is 11.5 Å². The average Bonchev–Trinajstić information content (AvgIpc) is 3.77. The number of carbonyl (C=O) groups is 4. The molecular weight excluding hydrogens is 569 g/mol. The second-order valence-corrected chi connectivity index (χ2v) is 12.1. The molecule has 0 radical (unpaired) electrons. The minimum Gasteiger partial charge on any atom is -0.508 e. The Bertz CT molecular complexity index is 1400. The molecule has 0 aliphatic carbocycles. The Hall–Kier alpha value is -4.19. The van der Waals surface area contributed by atoms with Gasteiger partial charge in [0.25, 0.3) is 5.91 Å². The molecule has 2 aromatic carbocycles. The third-order valence-corrected chi connectivity index (χ3v) is 9.05. The lowest BCUT2D eigenvalue weighted by Crippen LogP contribution is -2.56. The number of hydrogen-bond acceptors (Lipinski definition) is 7. The standard InChI is InChI=1S/C32H38FN5O6/c33-22-14-27-31(42)34-23-15-26(37(18-23)16-21-5-1-2-6-28(21)39)30(41)35-25(32(43)38(27)17-22)13-20-7-9-24(10-8-20)44-19-29(40)36-11-3-4-12-36/h1-2,5-10,22-23,25-27,39H,3-4,11-19H2,(H,34,42)(H,35,41)/t22-,23-,25?,26-,27-/m0/s1. The van der Waals surface area contributed by atoms with Gasteiger partial charge in [0.1, 0.15) is 29.8 Å². The monoisotopic (exact) mass is 607 g/mol. The topological polar surface area (TPSA) is 132 Å². The van der Waals surface area contributed by atoms with Crippen LogP contribution in [0.4, 0.5) is 4.39 Å². The predicted molar refractivity (Wildman–Crippen MR) is 157 cm³/mol. The summed E-state index contributed by atoms with van der Waals surface area (Å²) in [7, 11) is 0. The van der Waals surface area contributed by atoms with Crippen LogP contribution in [0.25, 0.3) is 0 Å². The zero-order valence-corrected chi connectivity index (χ0v) is 24.5. The van der Waals surface area contributed by atoms with Crippen molar-refractivity contribution in [2.45, 2.75) is 69.0 Å². The van der Waals surface area contributed by atoms with E-state index in [-0.39, 0.29) is 56.1 Å².